The predicted molar refractivity (Wildman–Crippen MR) is 105 cm³/mol. The number of carbonyl (C=O) groups excluding carboxylic acids is 2. The molecule has 2 aliphatic heterocycles. The Bertz CT molecular complexity index is 930. The van der Waals surface area contributed by atoms with Crippen LogP contribution in [0.1, 0.15) is 58.5 Å². The Hall–Kier alpha value is -2.47. The second-order valence-corrected chi connectivity index (χ2v) is 7.96. The molecule has 3 heterocycles. The monoisotopic (exact) mass is 379 g/mol. The van der Waals surface area contributed by atoms with Crippen LogP contribution in [-0.4, -0.2) is 58.9 Å². The first-order valence-corrected chi connectivity index (χ1v) is 10.3. The Balaban J connectivity index is 1.60. The minimum Gasteiger partial charge on any atom is -0.378 e. The van der Waals surface area contributed by atoms with Gasteiger partial charge in [0.15, 0.2) is 0 Å². The Labute approximate surface area is 164 Å². The summed E-state index contributed by atoms with van der Waals surface area (Å²) in [5.41, 5.74) is 2.66. The topological polar surface area (TPSA) is 62.7 Å². The molecule has 0 unspecified atom stereocenters. The highest BCUT2D eigenvalue weighted by molar-refractivity contribution is 6.11. The summed E-state index contributed by atoms with van der Waals surface area (Å²) in [7, 11) is 0. The Morgan fingerprint density at radius 1 is 1.07 bits per heavy atom. The van der Waals surface area contributed by atoms with Crippen LogP contribution in [0.15, 0.2) is 24.3 Å². The average Bonchev–Trinajstić information content (AvgIpc) is 3.09. The zero-order valence-corrected chi connectivity index (χ0v) is 16.0. The lowest BCUT2D eigenvalue weighted by Gasteiger charge is -2.31. The van der Waals surface area contributed by atoms with Crippen molar-refractivity contribution in [2.24, 2.45) is 0 Å². The van der Waals surface area contributed by atoms with Crippen molar-refractivity contribution >= 4 is 22.7 Å². The summed E-state index contributed by atoms with van der Waals surface area (Å²) in [6.45, 7) is 2.80. The number of benzene rings is 1. The fraction of sp³-hybridized carbons (Fsp3) is 0.500. The van der Waals surface area contributed by atoms with Crippen LogP contribution in [0.4, 0.5) is 0 Å². The van der Waals surface area contributed by atoms with Crippen LogP contribution in [0.2, 0.25) is 0 Å². The number of amides is 2. The molecule has 1 saturated carbocycles. The molecule has 0 N–H and O–H groups in total. The number of carbonyl (C=O) groups is 2. The van der Waals surface area contributed by atoms with E-state index in [9.17, 15) is 9.59 Å². The Morgan fingerprint density at radius 3 is 2.61 bits per heavy atom. The summed E-state index contributed by atoms with van der Waals surface area (Å²) in [6.07, 6.45) is 5.67. The molecule has 28 heavy (non-hydrogen) atoms. The summed E-state index contributed by atoms with van der Waals surface area (Å²) in [5.74, 6) is -0.0138. The lowest BCUT2D eigenvalue weighted by molar-refractivity contribution is 0.0303. The number of hydrogen-bond donors (Lipinski definition) is 0. The van der Waals surface area contributed by atoms with Gasteiger partial charge in [-0.05, 0) is 18.9 Å². The summed E-state index contributed by atoms with van der Waals surface area (Å²) in [4.78, 5) is 35.2. The lowest BCUT2D eigenvalue weighted by atomic mass is 9.94. The van der Waals surface area contributed by atoms with Gasteiger partial charge in [-0.3, -0.25) is 9.59 Å². The van der Waals surface area contributed by atoms with Crippen molar-refractivity contribution in [1.82, 2.24) is 14.8 Å². The van der Waals surface area contributed by atoms with Gasteiger partial charge in [-0.25, -0.2) is 4.98 Å². The third-order valence-corrected chi connectivity index (χ3v) is 6.31. The van der Waals surface area contributed by atoms with Gasteiger partial charge in [-0.15, -0.1) is 0 Å². The molecule has 6 nitrogen and oxygen atoms in total. The second kappa shape index (κ2) is 7.17. The maximum atomic E-state index is 13.5. The van der Waals surface area contributed by atoms with E-state index in [1.807, 2.05) is 34.1 Å². The molecule has 146 valence electrons. The molecular weight excluding hydrogens is 354 g/mol. The van der Waals surface area contributed by atoms with Crippen LogP contribution < -0.4 is 0 Å². The van der Waals surface area contributed by atoms with Crippen molar-refractivity contribution < 1.29 is 14.3 Å². The highest BCUT2D eigenvalue weighted by Crippen LogP contribution is 2.35. The van der Waals surface area contributed by atoms with E-state index < -0.39 is 0 Å². The van der Waals surface area contributed by atoms with Crippen LogP contribution in [0.5, 0.6) is 0 Å². The first-order valence-electron chi connectivity index (χ1n) is 10.3. The van der Waals surface area contributed by atoms with Gasteiger partial charge >= 0.3 is 0 Å². The van der Waals surface area contributed by atoms with Gasteiger partial charge in [-0.2, -0.15) is 0 Å². The van der Waals surface area contributed by atoms with E-state index in [2.05, 4.69) is 4.98 Å². The minimum atomic E-state index is -0.0105. The first-order chi connectivity index (χ1) is 13.7. The summed E-state index contributed by atoms with van der Waals surface area (Å²) < 4.78 is 5.41. The third-order valence-electron chi connectivity index (χ3n) is 6.31. The zero-order chi connectivity index (χ0) is 19.1. The fourth-order valence-electron chi connectivity index (χ4n) is 4.82. The zero-order valence-electron chi connectivity index (χ0n) is 16.0. The van der Waals surface area contributed by atoms with E-state index >= 15 is 0 Å². The normalized spacial score (nSPS) is 20.6. The number of pyridine rings is 1. The lowest BCUT2D eigenvalue weighted by Crippen LogP contribution is -2.41. The van der Waals surface area contributed by atoms with Gasteiger partial charge < -0.3 is 14.5 Å². The molecule has 0 spiro atoms. The quantitative estimate of drug-likeness (QED) is 0.805. The second-order valence-electron chi connectivity index (χ2n) is 7.96. The van der Waals surface area contributed by atoms with Crippen molar-refractivity contribution in [2.75, 3.05) is 26.3 Å². The molecule has 1 aliphatic carbocycles. The van der Waals surface area contributed by atoms with Crippen LogP contribution in [-0.2, 0) is 11.3 Å². The summed E-state index contributed by atoms with van der Waals surface area (Å²) in [6, 6.07) is 7.95. The molecule has 0 atom stereocenters. The van der Waals surface area contributed by atoms with Gasteiger partial charge in [0.25, 0.3) is 11.8 Å². The van der Waals surface area contributed by atoms with E-state index in [0.717, 1.165) is 29.3 Å². The van der Waals surface area contributed by atoms with Crippen LogP contribution in [0, 0.1) is 0 Å². The fourth-order valence-corrected chi connectivity index (χ4v) is 4.82. The molecule has 1 aromatic carbocycles. The van der Waals surface area contributed by atoms with Crippen molar-refractivity contribution in [3.05, 3.63) is 41.1 Å². The first kappa shape index (κ1) is 17.6. The molecule has 1 saturated heterocycles. The van der Waals surface area contributed by atoms with Crippen molar-refractivity contribution in [1.29, 1.82) is 0 Å². The van der Waals surface area contributed by atoms with Gasteiger partial charge in [0.2, 0.25) is 0 Å². The van der Waals surface area contributed by atoms with E-state index in [-0.39, 0.29) is 17.9 Å². The molecule has 2 aromatic rings. The number of nitrogens with zero attached hydrogens (tertiary/aromatic N) is 3. The maximum absolute atomic E-state index is 13.5. The summed E-state index contributed by atoms with van der Waals surface area (Å²) >= 11 is 0. The highest BCUT2D eigenvalue weighted by atomic mass is 16.5. The van der Waals surface area contributed by atoms with E-state index in [0.29, 0.717) is 44.1 Å². The number of aromatic nitrogens is 1. The van der Waals surface area contributed by atoms with Gasteiger partial charge in [0.05, 0.1) is 24.3 Å². The smallest absolute Gasteiger partial charge is 0.273 e. The molecule has 0 radical (unpaired) electrons. The van der Waals surface area contributed by atoms with Crippen LogP contribution >= 0.6 is 0 Å². The number of fused-ring (bicyclic) bond motifs is 2. The SMILES string of the molecule is O=C(c1c2c(nc3ccccc13)C(=O)N(C1CCCCC1)C2)N1CCOCC1. The largest absolute Gasteiger partial charge is 0.378 e. The number of ether oxygens (including phenoxy) is 1. The number of morpholine rings is 1. The Kier molecular flexibility index (Phi) is 4.51. The molecular formula is C22H25N3O3. The standard InChI is InChI=1S/C22H25N3O3/c26-21(24-10-12-28-13-11-24)19-16-8-4-5-9-18(16)23-20-17(19)14-25(22(20)27)15-6-2-1-3-7-15/h4-5,8-9,15H,1-3,6-7,10-14H2. The third kappa shape index (κ3) is 2.87. The molecule has 5 rings (SSSR count). The van der Waals surface area contributed by atoms with Crippen molar-refractivity contribution in [3.63, 3.8) is 0 Å². The molecule has 3 aliphatic rings. The van der Waals surface area contributed by atoms with E-state index in [1.54, 1.807) is 0 Å². The van der Waals surface area contributed by atoms with E-state index in [1.165, 1.54) is 19.3 Å². The van der Waals surface area contributed by atoms with Crippen LogP contribution in [0.25, 0.3) is 10.9 Å². The van der Waals surface area contributed by atoms with Crippen molar-refractivity contribution in [2.45, 2.75) is 44.7 Å². The molecule has 1 aromatic heterocycles. The molecule has 2 fully saturated rings. The Morgan fingerprint density at radius 2 is 1.82 bits per heavy atom. The molecule has 2 amide bonds. The number of para-hydroxylation sites is 1. The highest BCUT2D eigenvalue weighted by Gasteiger charge is 2.38. The van der Waals surface area contributed by atoms with Crippen molar-refractivity contribution in [3.8, 4) is 0 Å². The van der Waals surface area contributed by atoms with Gasteiger partial charge in [0, 0.05) is 36.6 Å². The number of hydrogen-bond acceptors (Lipinski definition) is 4. The van der Waals surface area contributed by atoms with Gasteiger partial charge in [-0.1, -0.05) is 37.5 Å². The predicted octanol–water partition coefficient (Wildman–Crippen LogP) is 3.00. The van der Waals surface area contributed by atoms with E-state index in [4.69, 9.17) is 4.74 Å². The minimum absolute atomic E-state index is 0.00329. The molecule has 6 heteroatoms. The number of rotatable bonds is 2. The maximum Gasteiger partial charge on any atom is 0.273 e. The summed E-state index contributed by atoms with van der Waals surface area (Å²) in [5, 5.41) is 0.844. The van der Waals surface area contributed by atoms with Crippen LogP contribution in [0.3, 0.4) is 0 Å². The molecule has 0 bridgehead atoms. The van der Waals surface area contributed by atoms with Gasteiger partial charge in [0.1, 0.15) is 5.69 Å². The average molecular weight is 379 g/mol.